The average Bonchev–Trinajstić information content (AvgIpc) is 2.42. The highest BCUT2D eigenvalue weighted by atomic mass is 35.5. The average molecular weight is 215 g/mol. The third kappa shape index (κ3) is 1.86. The molecule has 1 aliphatic carbocycles. The first-order valence-corrected chi connectivity index (χ1v) is 4.18. The summed E-state index contributed by atoms with van der Waals surface area (Å²) in [6.45, 7) is 0. The Labute approximate surface area is 87.7 Å². The summed E-state index contributed by atoms with van der Waals surface area (Å²) in [5.41, 5.74) is 8.08. The van der Waals surface area contributed by atoms with E-state index in [2.05, 4.69) is 0 Å². The Balaban J connectivity index is 0.000000980. The molecule has 1 aliphatic rings. The lowest BCUT2D eigenvalue weighted by Crippen LogP contribution is -2.18. The van der Waals surface area contributed by atoms with Crippen molar-refractivity contribution in [3.05, 3.63) is 39.4 Å². The van der Waals surface area contributed by atoms with Crippen molar-refractivity contribution in [2.45, 2.75) is 18.9 Å². The van der Waals surface area contributed by atoms with Gasteiger partial charge in [-0.25, -0.2) is 0 Å². The molecule has 1 atom stereocenters. The Hall–Kier alpha value is -1.13. The van der Waals surface area contributed by atoms with E-state index in [9.17, 15) is 10.1 Å². The molecule has 0 saturated carbocycles. The summed E-state index contributed by atoms with van der Waals surface area (Å²) < 4.78 is 0. The molecule has 0 saturated heterocycles. The number of halogens is 1. The predicted octanol–water partition coefficient (Wildman–Crippen LogP) is 1.44. The number of rotatable bonds is 1. The number of nitro benzene ring substituents is 1. The number of nitro groups is 1. The summed E-state index contributed by atoms with van der Waals surface area (Å²) >= 11 is 0. The number of hydrogen-bond donors (Lipinski definition) is 1. The Bertz CT molecular complexity index is 368. The minimum Gasteiger partial charge on any atom is -0.327 e. The second-order valence-corrected chi connectivity index (χ2v) is 3.38. The van der Waals surface area contributed by atoms with Crippen LogP contribution in [0.15, 0.2) is 18.2 Å². The number of fused-ring (bicyclic) bond motifs is 1. The molecular formula is C9H11ClN2O2. The molecule has 76 valence electrons. The Morgan fingerprint density at radius 1 is 1.36 bits per heavy atom. The van der Waals surface area contributed by atoms with E-state index in [1.165, 1.54) is 6.07 Å². The van der Waals surface area contributed by atoms with E-state index in [1.54, 1.807) is 12.1 Å². The summed E-state index contributed by atoms with van der Waals surface area (Å²) in [5.74, 6) is 0. The highest BCUT2D eigenvalue weighted by Crippen LogP contribution is 2.25. The zero-order chi connectivity index (χ0) is 9.42. The first-order chi connectivity index (χ1) is 6.16. The molecule has 0 heterocycles. The lowest BCUT2D eigenvalue weighted by Gasteiger charge is -1.96. The van der Waals surface area contributed by atoms with E-state index < -0.39 is 0 Å². The minimum absolute atomic E-state index is 0. The Morgan fingerprint density at radius 3 is 2.64 bits per heavy atom. The minimum atomic E-state index is -0.371. The maximum Gasteiger partial charge on any atom is 0.269 e. The van der Waals surface area contributed by atoms with Crippen LogP contribution in [0.1, 0.15) is 11.1 Å². The number of nitrogens with zero attached hydrogens (tertiary/aromatic N) is 1. The summed E-state index contributed by atoms with van der Waals surface area (Å²) in [4.78, 5) is 10.1. The van der Waals surface area contributed by atoms with Gasteiger partial charge >= 0.3 is 0 Å². The van der Waals surface area contributed by atoms with Gasteiger partial charge in [-0.2, -0.15) is 0 Å². The normalized spacial score (nSPS) is 18.5. The highest BCUT2D eigenvalue weighted by molar-refractivity contribution is 5.85. The lowest BCUT2D eigenvalue weighted by molar-refractivity contribution is -0.384. The van der Waals surface area contributed by atoms with Crippen LogP contribution in [-0.4, -0.2) is 11.0 Å². The van der Waals surface area contributed by atoms with Gasteiger partial charge in [0.05, 0.1) is 4.92 Å². The highest BCUT2D eigenvalue weighted by Gasteiger charge is 2.20. The van der Waals surface area contributed by atoms with Crippen molar-refractivity contribution >= 4 is 18.1 Å². The van der Waals surface area contributed by atoms with Crippen molar-refractivity contribution in [3.8, 4) is 0 Å². The molecule has 5 heteroatoms. The Kier molecular flexibility index (Phi) is 3.08. The molecule has 2 rings (SSSR count). The smallest absolute Gasteiger partial charge is 0.269 e. The predicted molar refractivity (Wildman–Crippen MR) is 55.7 cm³/mol. The summed E-state index contributed by atoms with van der Waals surface area (Å²) in [7, 11) is 0. The maximum atomic E-state index is 10.5. The van der Waals surface area contributed by atoms with Gasteiger partial charge in [0, 0.05) is 18.2 Å². The first kappa shape index (κ1) is 10.9. The molecule has 0 fully saturated rings. The summed E-state index contributed by atoms with van der Waals surface area (Å²) in [6.07, 6.45) is 1.60. The molecule has 2 N–H and O–H groups in total. The number of non-ortho nitro benzene ring substituents is 1. The van der Waals surface area contributed by atoms with E-state index in [-0.39, 0.29) is 29.1 Å². The van der Waals surface area contributed by atoms with E-state index in [1.807, 2.05) is 0 Å². The standard InChI is InChI=1S/C9H10N2O2.ClH/c10-8-3-6-1-2-9(11(12)13)5-7(6)4-8;/h1-2,5,8H,3-4,10H2;1H/t8-;/m1./s1. The summed E-state index contributed by atoms with van der Waals surface area (Å²) in [5, 5.41) is 10.5. The van der Waals surface area contributed by atoms with Crippen molar-refractivity contribution in [3.63, 3.8) is 0 Å². The molecule has 0 amide bonds. The third-order valence-corrected chi connectivity index (χ3v) is 2.36. The largest absolute Gasteiger partial charge is 0.327 e. The van der Waals surface area contributed by atoms with E-state index in [0.29, 0.717) is 0 Å². The molecule has 0 unspecified atom stereocenters. The van der Waals surface area contributed by atoms with Crippen LogP contribution in [0.2, 0.25) is 0 Å². The van der Waals surface area contributed by atoms with Crippen LogP contribution in [0.5, 0.6) is 0 Å². The van der Waals surface area contributed by atoms with Gasteiger partial charge in [0.25, 0.3) is 5.69 Å². The molecule has 0 aliphatic heterocycles. The molecule has 1 aromatic carbocycles. The van der Waals surface area contributed by atoms with Crippen molar-refractivity contribution in [2.75, 3.05) is 0 Å². The molecule has 4 nitrogen and oxygen atoms in total. The quantitative estimate of drug-likeness (QED) is 0.568. The van der Waals surface area contributed by atoms with E-state index in [0.717, 1.165) is 24.0 Å². The fraction of sp³-hybridized carbons (Fsp3) is 0.333. The van der Waals surface area contributed by atoms with Crippen LogP contribution in [0.4, 0.5) is 5.69 Å². The fourth-order valence-electron chi connectivity index (χ4n) is 1.75. The van der Waals surface area contributed by atoms with Gasteiger partial charge in [0.15, 0.2) is 0 Å². The van der Waals surface area contributed by atoms with Crippen LogP contribution in [-0.2, 0) is 12.8 Å². The van der Waals surface area contributed by atoms with Crippen molar-refractivity contribution in [1.29, 1.82) is 0 Å². The van der Waals surface area contributed by atoms with E-state index in [4.69, 9.17) is 5.73 Å². The fourth-order valence-corrected chi connectivity index (χ4v) is 1.75. The Morgan fingerprint density at radius 2 is 2.00 bits per heavy atom. The zero-order valence-electron chi connectivity index (χ0n) is 7.47. The van der Waals surface area contributed by atoms with Crippen LogP contribution < -0.4 is 5.73 Å². The summed E-state index contributed by atoms with van der Waals surface area (Å²) in [6, 6.07) is 5.11. The van der Waals surface area contributed by atoms with Gasteiger partial charge in [-0.05, 0) is 24.0 Å². The lowest BCUT2D eigenvalue weighted by atomic mass is 10.1. The number of nitrogens with two attached hydrogens (primary N) is 1. The van der Waals surface area contributed by atoms with Gasteiger partial charge in [-0.15, -0.1) is 12.4 Å². The third-order valence-electron chi connectivity index (χ3n) is 2.36. The maximum absolute atomic E-state index is 10.5. The molecule has 0 spiro atoms. The van der Waals surface area contributed by atoms with Crippen molar-refractivity contribution in [2.24, 2.45) is 5.73 Å². The monoisotopic (exact) mass is 214 g/mol. The van der Waals surface area contributed by atoms with Gasteiger partial charge in [0.2, 0.25) is 0 Å². The SMILES string of the molecule is Cl.N[C@@H]1Cc2ccc([N+](=O)[O-])cc2C1. The topological polar surface area (TPSA) is 69.2 Å². The molecule has 14 heavy (non-hydrogen) atoms. The molecule has 0 radical (unpaired) electrons. The van der Waals surface area contributed by atoms with Crippen molar-refractivity contribution < 1.29 is 4.92 Å². The van der Waals surface area contributed by atoms with Crippen LogP contribution in [0.25, 0.3) is 0 Å². The molecule has 1 aromatic rings. The van der Waals surface area contributed by atoms with Gasteiger partial charge in [-0.3, -0.25) is 10.1 Å². The molecule has 0 aromatic heterocycles. The second-order valence-electron chi connectivity index (χ2n) is 3.38. The van der Waals surface area contributed by atoms with Crippen molar-refractivity contribution in [1.82, 2.24) is 0 Å². The van der Waals surface area contributed by atoms with Crippen LogP contribution in [0, 0.1) is 10.1 Å². The first-order valence-electron chi connectivity index (χ1n) is 4.18. The van der Waals surface area contributed by atoms with Gasteiger partial charge < -0.3 is 5.73 Å². The van der Waals surface area contributed by atoms with Crippen LogP contribution in [0.3, 0.4) is 0 Å². The molecule has 0 bridgehead atoms. The zero-order valence-corrected chi connectivity index (χ0v) is 8.29. The van der Waals surface area contributed by atoms with Gasteiger partial charge in [0.1, 0.15) is 0 Å². The van der Waals surface area contributed by atoms with Crippen LogP contribution >= 0.6 is 12.4 Å². The number of benzene rings is 1. The second kappa shape index (κ2) is 3.94. The number of hydrogen-bond acceptors (Lipinski definition) is 3. The van der Waals surface area contributed by atoms with Gasteiger partial charge in [-0.1, -0.05) is 6.07 Å². The molecular weight excluding hydrogens is 204 g/mol. The van der Waals surface area contributed by atoms with E-state index >= 15 is 0 Å².